The number of hydrogen-bond donors (Lipinski definition) is 1. The van der Waals surface area contributed by atoms with Crippen molar-refractivity contribution in [3.63, 3.8) is 0 Å². The van der Waals surface area contributed by atoms with E-state index in [9.17, 15) is 18.3 Å². The molecule has 1 fully saturated rings. The lowest BCUT2D eigenvalue weighted by Gasteiger charge is -2.39. The van der Waals surface area contributed by atoms with Gasteiger partial charge in [-0.3, -0.25) is 9.78 Å². The molecule has 0 saturated carbocycles. The highest BCUT2D eigenvalue weighted by Crippen LogP contribution is 2.37. The number of carbonyl (C=O) groups excluding carboxylic acids is 1. The predicted molar refractivity (Wildman–Crippen MR) is 144 cm³/mol. The number of rotatable bonds is 5. The molecule has 0 radical (unpaired) electrons. The zero-order chi connectivity index (χ0) is 26.2. The first kappa shape index (κ1) is 25.4. The van der Waals surface area contributed by atoms with E-state index in [0.29, 0.717) is 58.7 Å². The highest BCUT2D eigenvalue weighted by Gasteiger charge is 2.37. The zero-order valence-corrected chi connectivity index (χ0v) is 22.0. The molecular weight excluding hydrogens is 508 g/mol. The number of amides is 1. The van der Waals surface area contributed by atoms with Crippen LogP contribution in [-0.2, 0) is 21.2 Å². The maximum atomic E-state index is 13.3. The summed E-state index contributed by atoms with van der Waals surface area (Å²) < 4.78 is 26.5. The van der Waals surface area contributed by atoms with E-state index in [1.165, 1.54) is 0 Å². The van der Waals surface area contributed by atoms with Crippen LogP contribution >= 0.6 is 11.6 Å². The minimum absolute atomic E-state index is 0.133. The Kier molecular flexibility index (Phi) is 6.79. The molecule has 6 nitrogen and oxygen atoms in total. The van der Waals surface area contributed by atoms with Crippen LogP contribution in [0, 0.1) is 6.92 Å². The first-order valence-corrected chi connectivity index (χ1v) is 14.1. The monoisotopic (exact) mass is 534 g/mol. The number of sulfone groups is 1. The van der Waals surface area contributed by atoms with Crippen molar-refractivity contribution in [1.29, 1.82) is 0 Å². The van der Waals surface area contributed by atoms with Gasteiger partial charge in [0, 0.05) is 40.8 Å². The minimum Gasteiger partial charge on any atom is -0.385 e. The molecule has 1 saturated heterocycles. The molecule has 0 bridgehead atoms. The van der Waals surface area contributed by atoms with Gasteiger partial charge < -0.3 is 10.0 Å². The number of hydrogen-bond acceptors (Lipinski definition) is 5. The third-order valence-electron chi connectivity index (χ3n) is 7.06. The van der Waals surface area contributed by atoms with Gasteiger partial charge in [-0.25, -0.2) is 8.42 Å². The lowest BCUT2D eigenvalue weighted by molar-refractivity contribution is -0.0210. The Morgan fingerprint density at radius 3 is 2.49 bits per heavy atom. The second-order valence-corrected chi connectivity index (χ2v) is 11.9. The number of pyridine rings is 1. The third-order valence-corrected chi connectivity index (χ3v) is 9.10. The third kappa shape index (κ3) is 4.99. The van der Waals surface area contributed by atoms with E-state index in [1.807, 2.05) is 37.3 Å². The molecule has 4 aromatic rings. The van der Waals surface area contributed by atoms with Crippen LogP contribution in [0.3, 0.4) is 0 Å². The average molecular weight is 535 g/mol. The number of para-hydroxylation sites is 1. The smallest absolute Gasteiger partial charge is 0.254 e. The zero-order valence-electron chi connectivity index (χ0n) is 20.4. The highest BCUT2D eigenvalue weighted by molar-refractivity contribution is 7.90. The number of carbonyl (C=O) groups is 1. The van der Waals surface area contributed by atoms with E-state index in [4.69, 9.17) is 11.6 Å². The summed E-state index contributed by atoms with van der Waals surface area (Å²) >= 11 is 6.30. The van der Waals surface area contributed by atoms with Gasteiger partial charge in [-0.1, -0.05) is 60.1 Å². The molecule has 0 aliphatic carbocycles. The summed E-state index contributed by atoms with van der Waals surface area (Å²) in [6, 6.07) is 21.1. The van der Waals surface area contributed by atoms with Gasteiger partial charge in [0.1, 0.15) is 0 Å². The van der Waals surface area contributed by atoms with Crippen molar-refractivity contribution in [3.05, 3.63) is 106 Å². The Morgan fingerprint density at radius 1 is 1.03 bits per heavy atom. The lowest BCUT2D eigenvalue weighted by atomic mass is 9.84. The van der Waals surface area contributed by atoms with Gasteiger partial charge in [0.2, 0.25) is 0 Å². The van der Waals surface area contributed by atoms with Crippen LogP contribution in [0.25, 0.3) is 10.9 Å². The molecule has 190 valence electrons. The minimum atomic E-state index is -3.65. The SMILES string of the molecule is Cc1cc(CS(=O)(=O)c2cccc3cccnc23)ccc1C(=O)N1CCC(O)(c2ccccc2Cl)CC1. The van der Waals surface area contributed by atoms with E-state index in [1.54, 1.807) is 53.6 Å². The van der Waals surface area contributed by atoms with Gasteiger partial charge in [0.25, 0.3) is 5.91 Å². The second-order valence-electron chi connectivity index (χ2n) is 9.54. The van der Waals surface area contributed by atoms with E-state index >= 15 is 0 Å². The van der Waals surface area contributed by atoms with Crippen molar-refractivity contribution in [2.75, 3.05) is 13.1 Å². The number of halogens is 1. The maximum absolute atomic E-state index is 13.3. The number of aliphatic hydroxyl groups is 1. The lowest BCUT2D eigenvalue weighted by Crippen LogP contribution is -2.45. The predicted octanol–water partition coefficient (Wildman–Crippen LogP) is 5.29. The summed E-state index contributed by atoms with van der Waals surface area (Å²) in [7, 11) is -3.65. The Bertz CT molecular complexity index is 1590. The fourth-order valence-electron chi connectivity index (χ4n) is 5.04. The number of aromatic nitrogens is 1. The van der Waals surface area contributed by atoms with Gasteiger partial charge in [-0.15, -0.1) is 0 Å². The second kappa shape index (κ2) is 9.89. The van der Waals surface area contributed by atoms with Crippen molar-refractivity contribution in [2.24, 2.45) is 0 Å². The quantitative estimate of drug-likeness (QED) is 0.375. The van der Waals surface area contributed by atoms with Gasteiger partial charge in [0.05, 0.1) is 21.8 Å². The molecule has 3 aromatic carbocycles. The van der Waals surface area contributed by atoms with Crippen LogP contribution in [0.5, 0.6) is 0 Å². The molecule has 1 amide bonds. The molecule has 1 aliphatic heterocycles. The number of aryl methyl sites for hydroxylation is 1. The van der Waals surface area contributed by atoms with E-state index < -0.39 is 15.4 Å². The van der Waals surface area contributed by atoms with Crippen molar-refractivity contribution < 1.29 is 18.3 Å². The van der Waals surface area contributed by atoms with Gasteiger partial charge >= 0.3 is 0 Å². The summed E-state index contributed by atoms with van der Waals surface area (Å²) in [4.78, 5) is 19.5. The normalized spacial score (nSPS) is 15.6. The first-order chi connectivity index (χ1) is 17.7. The molecule has 1 aliphatic rings. The summed E-state index contributed by atoms with van der Waals surface area (Å²) in [5.74, 6) is -0.321. The number of likely N-dealkylation sites (tertiary alicyclic amines) is 1. The molecule has 0 spiro atoms. The number of piperidine rings is 1. The standard InChI is InChI=1S/C29H27ClN2O4S/c1-20-18-21(19-37(35,36)26-10-4-6-22-7-5-15-31-27(22)26)11-12-23(20)28(33)32-16-13-29(34,14-17-32)24-8-2-3-9-25(24)30/h2-12,15,18,34H,13-14,16-17,19H2,1H3. The number of fused-ring (bicyclic) bond motifs is 1. The number of benzene rings is 3. The van der Waals surface area contributed by atoms with Crippen molar-refractivity contribution in [3.8, 4) is 0 Å². The molecule has 1 aromatic heterocycles. The fourth-order valence-corrected chi connectivity index (χ4v) is 6.87. The van der Waals surface area contributed by atoms with Crippen LogP contribution in [0.2, 0.25) is 5.02 Å². The first-order valence-electron chi connectivity index (χ1n) is 12.1. The van der Waals surface area contributed by atoms with Crippen molar-refractivity contribution >= 4 is 38.2 Å². The molecule has 37 heavy (non-hydrogen) atoms. The Balaban J connectivity index is 1.31. The molecule has 8 heteroatoms. The molecule has 0 unspecified atom stereocenters. The van der Waals surface area contributed by atoms with Crippen LogP contribution in [0.15, 0.2) is 83.9 Å². The highest BCUT2D eigenvalue weighted by atomic mass is 35.5. The Morgan fingerprint density at radius 2 is 1.76 bits per heavy atom. The molecular formula is C29H27ClN2O4S. The van der Waals surface area contributed by atoms with Gasteiger partial charge in [-0.2, -0.15) is 0 Å². The summed E-state index contributed by atoms with van der Waals surface area (Å²) in [6.07, 6.45) is 2.36. The van der Waals surface area contributed by atoms with Crippen molar-refractivity contribution in [1.82, 2.24) is 9.88 Å². The maximum Gasteiger partial charge on any atom is 0.254 e. The van der Waals surface area contributed by atoms with Gasteiger partial charge in [0.15, 0.2) is 9.84 Å². The van der Waals surface area contributed by atoms with Crippen LogP contribution in [-0.4, -0.2) is 42.4 Å². The number of nitrogens with zero attached hydrogens (tertiary/aromatic N) is 2. The average Bonchev–Trinajstić information content (AvgIpc) is 2.88. The Hall–Kier alpha value is -3.26. The fraction of sp³-hybridized carbons (Fsp3) is 0.241. The largest absolute Gasteiger partial charge is 0.385 e. The molecule has 5 rings (SSSR count). The summed E-state index contributed by atoms with van der Waals surface area (Å²) in [5.41, 5.74) is 1.91. The molecule has 1 N–H and O–H groups in total. The van der Waals surface area contributed by atoms with Crippen LogP contribution in [0.1, 0.15) is 39.9 Å². The summed E-state index contributed by atoms with van der Waals surface area (Å²) in [6.45, 7) is 2.60. The van der Waals surface area contributed by atoms with Crippen LogP contribution in [0.4, 0.5) is 0 Å². The van der Waals surface area contributed by atoms with E-state index in [0.717, 1.165) is 5.39 Å². The molecule has 2 heterocycles. The van der Waals surface area contributed by atoms with E-state index in [-0.39, 0.29) is 16.6 Å². The molecule has 0 atom stereocenters. The van der Waals surface area contributed by atoms with E-state index in [2.05, 4.69) is 4.98 Å². The van der Waals surface area contributed by atoms with Crippen molar-refractivity contribution in [2.45, 2.75) is 36.0 Å². The topological polar surface area (TPSA) is 87.6 Å². The van der Waals surface area contributed by atoms with Crippen LogP contribution < -0.4 is 0 Å². The van der Waals surface area contributed by atoms with Gasteiger partial charge in [-0.05, 0) is 55.2 Å². The summed E-state index contributed by atoms with van der Waals surface area (Å²) in [5, 5.41) is 12.5. The Labute approximate surface area is 221 Å².